The van der Waals surface area contributed by atoms with Crippen LogP contribution in [0.1, 0.15) is 84.9 Å². The zero-order chi connectivity index (χ0) is 23.3. The van der Waals surface area contributed by atoms with Crippen molar-refractivity contribution < 1.29 is 22.4 Å². The van der Waals surface area contributed by atoms with Gasteiger partial charge in [-0.3, -0.25) is 4.79 Å². The van der Waals surface area contributed by atoms with Crippen LogP contribution in [0.3, 0.4) is 0 Å². The Balaban J connectivity index is 0. The number of benzene rings is 1. The van der Waals surface area contributed by atoms with Crippen LogP contribution in [0.4, 0.5) is 17.6 Å². The van der Waals surface area contributed by atoms with Gasteiger partial charge in [0.15, 0.2) is 0 Å². The fourth-order valence-corrected chi connectivity index (χ4v) is 2.35. The first-order valence-electron chi connectivity index (χ1n) is 10.2. The van der Waals surface area contributed by atoms with E-state index in [9.17, 15) is 22.4 Å². The average Bonchev–Trinajstić information content (AvgIpc) is 3.23. The molecule has 29 heavy (non-hydrogen) atoms. The van der Waals surface area contributed by atoms with Gasteiger partial charge in [0.05, 0.1) is 11.1 Å². The molecule has 2 rings (SSSR count). The van der Waals surface area contributed by atoms with E-state index in [1.165, 1.54) is 45.8 Å². The lowest BCUT2D eigenvalue weighted by molar-refractivity contribution is -0.137. The van der Waals surface area contributed by atoms with E-state index >= 15 is 0 Å². The van der Waals surface area contributed by atoms with E-state index in [1.54, 1.807) is 13.8 Å². The molecule has 170 valence electrons. The minimum absolute atomic E-state index is 0.0805. The highest BCUT2D eigenvalue weighted by molar-refractivity contribution is 5.50. The zero-order valence-electron chi connectivity index (χ0n) is 19.1. The SMILES string of the molecule is C1CCNC1.CC.CC.CC(C)(F)c1cc(C(F)(F)F)cc(C(C)(C)NC=O)c1. The molecule has 1 heterocycles. The molecule has 0 atom stereocenters. The van der Waals surface area contributed by atoms with Gasteiger partial charge in [-0.25, -0.2) is 4.39 Å². The Morgan fingerprint density at radius 2 is 1.24 bits per heavy atom. The van der Waals surface area contributed by atoms with E-state index in [2.05, 4.69) is 10.6 Å². The maximum absolute atomic E-state index is 14.0. The minimum Gasteiger partial charge on any atom is -0.350 e. The van der Waals surface area contributed by atoms with Gasteiger partial charge in [-0.05, 0) is 76.9 Å². The maximum atomic E-state index is 14.0. The third kappa shape index (κ3) is 11.2. The van der Waals surface area contributed by atoms with Gasteiger partial charge in [0.25, 0.3) is 0 Å². The molecule has 1 aliphatic rings. The molecule has 0 radical (unpaired) electrons. The monoisotopic (exact) mass is 422 g/mol. The van der Waals surface area contributed by atoms with Gasteiger partial charge >= 0.3 is 6.18 Å². The molecule has 1 aliphatic heterocycles. The average molecular weight is 423 g/mol. The summed E-state index contributed by atoms with van der Waals surface area (Å²) >= 11 is 0. The Morgan fingerprint density at radius 1 is 0.828 bits per heavy atom. The molecule has 0 unspecified atom stereocenters. The molecular weight excluding hydrogens is 384 g/mol. The van der Waals surface area contributed by atoms with E-state index in [0.717, 1.165) is 12.1 Å². The summed E-state index contributed by atoms with van der Waals surface area (Å²) in [6.07, 6.45) is -1.40. The Morgan fingerprint density at radius 3 is 1.55 bits per heavy atom. The molecule has 0 aliphatic carbocycles. The van der Waals surface area contributed by atoms with Crippen LogP contribution in [0.25, 0.3) is 0 Å². The highest BCUT2D eigenvalue weighted by Crippen LogP contribution is 2.36. The smallest absolute Gasteiger partial charge is 0.350 e. The molecule has 1 aromatic carbocycles. The van der Waals surface area contributed by atoms with Crippen molar-refractivity contribution in [1.29, 1.82) is 0 Å². The first-order valence-corrected chi connectivity index (χ1v) is 10.2. The number of alkyl halides is 4. The minimum atomic E-state index is -4.58. The Hall–Kier alpha value is -1.63. The third-order valence-electron chi connectivity index (χ3n) is 4.05. The molecule has 0 saturated carbocycles. The van der Waals surface area contributed by atoms with Crippen molar-refractivity contribution in [2.75, 3.05) is 13.1 Å². The van der Waals surface area contributed by atoms with Gasteiger partial charge in [0.1, 0.15) is 5.67 Å². The first-order chi connectivity index (χ1) is 13.4. The molecule has 0 aromatic heterocycles. The van der Waals surface area contributed by atoms with Crippen LogP contribution in [0.5, 0.6) is 0 Å². The van der Waals surface area contributed by atoms with E-state index < -0.39 is 22.9 Å². The first kappa shape index (κ1) is 29.6. The Labute approximate surface area is 173 Å². The molecule has 2 N–H and O–H groups in total. The molecule has 1 aromatic rings. The topological polar surface area (TPSA) is 41.1 Å². The normalized spacial score (nSPS) is 13.7. The predicted octanol–water partition coefficient (Wildman–Crippen LogP) is 6.31. The summed E-state index contributed by atoms with van der Waals surface area (Å²) < 4.78 is 52.7. The molecule has 0 bridgehead atoms. The van der Waals surface area contributed by atoms with Crippen LogP contribution in [0.2, 0.25) is 0 Å². The van der Waals surface area contributed by atoms with Crippen molar-refractivity contribution in [1.82, 2.24) is 10.6 Å². The van der Waals surface area contributed by atoms with E-state index in [0.29, 0.717) is 6.41 Å². The lowest BCUT2D eigenvalue weighted by Gasteiger charge is -2.27. The molecule has 1 saturated heterocycles. The number of carbonyl (C=O) groups is 1. The number of hydrogen-bond donors (Lipinski definition) is 2. The zero-order valence-corrected chi connectivity index (χ0v) is 19.1. The second-order valence-corrected chi connectivity index (χ2v) is 7.11. The summed E-state index contributed by atoms with van der Waals surface area (Å²) in [4.78, 5) is 10.6. The number of rotatable bonds is 4. The van der Waals surface area contributed by atoms with Crippen molar-refractivity contribution in [3.63, 3.8) is 0 Å². The predicted molar refractivity (Wildman–Crippen MR) is 113 cm³/mol. The largest absolute Gasteiger partial charge is 0.416 e. The highest BCUT2D eigenvalue weighted by Gasteiger charge is 2.35. The summed E-state index contributed by atoms with van der Waals surface area (Å²) in [5, 5.41) is 5.65. The lowest BCUT2D eigenvalue weighted by atomic mass is 9.87. The highest BCUT2D eigenvalue weighted by atomic mass is 19.4. The van der Waals surface area contributed by atoms with Crippen LogP contribution in [0, 0.1) is 0 Å². The van der Waals surface area contributed by atoms with Gasteiger partial charge in [0.2, 0.25) is 6.41 Å². The summed E-state index contributed by atoms with van der Waals surface area (Å²) in [6, 6.07) is 3.05. The van der Waals surface area contributed by atoms with Crippen molar-refractivity contribution in [2.45, 2.75) is 85.6 Å². The molecule has 0 spiro atoms. The third-order valence-corrected chi connectivity index (χ3v) is 4.05. The lowest BCUT2D eigenvalue weighted by Crippen LogP contribution is -2.36. The van der Waals surface area contributed by atoms with E-state index in [1.807, 2.05) is 27.7 Å². The fourth-order valence-electron chi connectivity index (χ4n) is 2.35. The van der Waals surface area contributed by atoms with Crippen LogP contribution < -0.4 is 10.6 Å². The van der Waals surface area contributed by atoms with Gasteiger partial charge in [-0.15, -0.1) is 0 Å². The summed E-state index contributed by atoms with van der Waals surface area (Å²) in [6.45, 7) is 16.0. The summed E-state index contributed by atoms with van der Waals surface area (Å²) in [5.41, 5.74) is -3.75. The van der Waals surface area contributed by atoms with Crippen LogP contribution >= 0.6 is 0 Å². The van der Waals surface area contributed by atoms with Gasteiger partial charge in [0, 0.05) is 0 Å². The second kappa shape index (κ2) is 13.6. The van der Waals surface area contributed by atoms with Crippen LogP contribution in [-0.2, 0) is 22.2 Å². The van der Waals surface area contributed by atoms with Crippen LogP contribution in [-0.4, -0.2) is 19.5 Å². The van der Waals surface area contributed by atoms with Gasteiger partial charge in [-0.1, -0.05) is 33.8 Å². The molecule has 7 heteroatoms. The molecule has 3 nitrogen and oxygen atoms in total. The van der Waals surface area contributed by atoms with Crippen molar-refractivity contribution >= 4 is 6.41 Å². The number of hydrogen-bond acceptors (Lipinski definition) is 2. The second-order valence-electron chi connectivity index (χ2n) is 7.11. The van der Waals surface area contributed by atoms with Gasteiger partial charge < -0.3 is 10.6 Å². The molecule has 1 fully saturated rings. The maximum Gasteiger partial charge on any atom is 0.416 e. The van der Waals surface area contributed by atoms with Crippen molar-refractivity contribution in [2.24, 2.45) is 0 Å². The Kier molecular flexibility index (Phi) is 13.8. The Bertz CT molecular complexity index is 535. The quantitative estimate of drug-likeness (QED) is 0.441. The van der Waals surface area contributed by atoms with Crippen LogP contribution in [0.15, 0.2) is 18.2 Å². The number of halogens is 4. The molecule has 1 amide bonds. The standard InChI is InChI=1S/C14H17F4NO.C4H9N.2C2H6/c1-12(2,15)9-5-10(13(3,4)19-8-20)7-11(6-9)14(16,17)18;1-2-4-5-3-1;2*1-2/h5-8H,1-4H3,(H,19,20);5H,1-4H2;2*1-2H3. The number of carbonyl (C=O) groups excluding carboxylic acids is 1. The van der Waals surface area contributed by atoms with E-state index in [-0.39, 0.29) is 11.1 Å². The summed E-state index contributed by atoms with van der Waals surface area (Å²) in [5.74, 6) is 0. The van der Waals surface area contributed by atoms with Gasteiger partial charge in [-0.2, -0.15) is 13.2 Å². The van der Waals surface area contributed by atoms with Crippen molar-refractivity contribution in [3.05, 3.63) is 34.9 Å². The van der Waals surface area contributed by atoms with E-state index in [4.69, 9.17) is 0 Å². The van der Waals surface area contributed by atoms with Crippen molar-refractivity contribution in [3.8, 4) is 0 Å². The number of amides is 1. The molecular formula is C22H38F4N2O. The number of nitrogens with one attached hydrogen (secondary N) is 2. The fraction of sp³-hybridized carbons (Fsp3) is 0.682. The summed E-state index contributed by atoms with van der Waals surface area (Å²) in [7, 11) is 0.